The highest BCUT2D eigenvalue weighted by molar-refractivity contribution is 5.78. The van der Waals surface area contributed by atoms with Crippen LogP contribution in [-0.2, 0) is 0 Å². The monoisotopic (exact) mass is 465 g/mol. The van der Waals surface area contributed by atoms with E-state index >= 15 is 0 Å². The van der Waals surface area contributed by atoms with Gasteiger partial charge in [0, 0.05) is 25.3 Å². The SMILES string of the molecule is NCNCCCNC1CCC(n2cc3c(nc2=O)Nc2cc(C4=CCNCC4)ccc2O3)CC1. The van der Waals surface area contributed by atoms with Gasteiger partial charge in [-0.1, -0.05) is 12.1 Å². The summed E-state index contributed by atoms with van der Waals surface area (Å²) in [5.74, 6) is 1.86. The molecule has 0 radical (unpaired) electrons. The summed E-state index contributed by atoms with van der Waals surface area (Å²) < 4.78 is 7.93. The fourth-order valence-electron chi connectivity index (χ4n) is 5.10. The number of benzene rings is 1. The molecule has 2 aliphatic heterocycles. The van der Waals surface area contributed by atoms with E-state index in [1.807, 2.05) is 12.3 Å². The van der Waals surface area contributed by atoms with Gasteiger partial charge in [0.15, 0.2) is 17.3 Å². The Bertz CT molecular complexity index is 1090. The highest BCUT2D eigenvalue weighted by Gasteiger charge is 2.26. The summed E-state index contributed by atoms with van der Waals surface area (Å²) in [7, 11) is 0. The van der Waals surface area contributed by atoms with Gasteiger partial charge < -0.3 is 31.7 Å². The maximum Gasteiger partial charge on any atom is 0.350 e. The van der Waals surface area contributed by atoms with E-state index in [0.29, 0.717) is 24.3 Å². The molecule has 1 saturated carbocycles. The van der Waals surface area contributed by atoms with Gasteiger partial charge in [-0.3, -0.25) is 4.57 Å². The average Bonchev–Trinajstić information content (AvgIpc) is 2.88. The number of anilines is 2. The summed E-state index contributed by atoms with van der Waals surface area (Å²) in [4.78, 5) is 17.2. The number of nitrogens with two attached hydrogens (primary N) is 1. The van der Waals surface area contributed by atoms with E-state index < -0.39 is 0 Å². The Hall–Kier alpha value is -2.72. The third-order valence-electron chi connectivity index (χ3n) is 7.00. The number of nitrogens with one attached hydrogen (secondary N) is 4. The van der Waals surface area contributed by atoms with Crippen LogP contribution in [0.15, 0.2) is 35.3 Å². The Morgan fingerprint density at radius 1 is 1.18 bits per heavy atom. The van der Waals surface area contributed by atoms with Crippen LogP contribution >= 0.6 is 0 Å². The Morgan fingerprint density at radius 3 is 2.85 bits per heavy atom. The first kappa shape index (κ1) is 23.0. The first-order chi connectivity index (χ1) is 16.7. The molecule has 9 nitrogen and oxygen atoms in total. The molecule has 0 bridgehead atoms. The molecule has 0 amide bonds. The first-order valence-corrected chi connectivity index (χ1v) is 12.5. The molecule has 3 heterocycles. The van der Waals surface area contributed by atoms with Gasteiger partial charge in [0.25, 0.3) is 0 Å². The zero-order chi connectivity index (χ0) is 23.3. The molecule has 182 valence electrons. The fourth-order valence-corrected chi connectivity index (χ4v) is 5.10. The lowest BCUT2D eigenvalue weighted by atomic mass is 9.91. The van der Waals surface area contributed by atoms with Crippen molar-refractivity contribution in [2.45, 2.75) is 50.6 Å². The van der Waals surface area contributed by atoms with Crippen molar-refractivity contribution in [2.75, 3.05) is 38.2 Å². The minimum atomic E-state index is -0.222. The summed E-state index contributed by atoms with van der Waals surface area (Å²) in [6, 6.07) is 6.85. The number of hydrogen-bond acceptors (Lipinski definition) is 8. The highest BCUT2D eigenvalue weighted by atomic mass is 16.5. The van der Waals surface area contributed by atoms with E-state index in [0.717, 1.165) is 76.1 Å². The number of rotatable bonds is 8. The van der Waals surface area contributed by atoms with E-state index in [-0.39, 0.29) is 11.7 Å². The van der Waals surface area contributed by atoms with E-state index in [1.165, 1.54) is 11.1 Å². The molecule has 1 fully saturated rings. The predicted octanol–water partition coefficient (Wildman–Crippen LogP) is 2.44. The predicted molar refractivity (Wildman–Crippen MR) is 135 cm³/mol. The van der Waals surface area contributed by atoms with Crippen molar-refractivity contribution in [1.29, 1.82) is 0 Å². The maximum absolute atomic E-state index is 12.9. The quantitative estimate of drug-likeness (QED) is 0.254. The topological polar surface area (TPSA) is 118 Å². The van der Waals surface area contributed by atoms with Crippen molar-refractivity contribution in [3.63, 3.8) is 0 Å². The minimum Gasteiger partial charge on any atom is -0.450 e. The standard InChI is InChI=1S/C25H35N7O2/c26-16-28-10-1-11-29-19-3-5-20(6-4-19)32-15-23-24(31-25(32)33)30-21-14-18(2-7-22(21)34-23)17-8-12-27-13-9-17/h2,7-8,14-15,19-20,27-29H,1,3-6,9-13,16,26H2,(H,30,31,33). The second-order valence-electron chi connectivity index (χ2n) is 9.28. The Morgan fingerprint density at radius 2 is 2.06 bits per heavy atom. The molecule has 0 saturated heterocycles. The summed E-state index contributed by atoms with van der Waals surface area (Å²) in [5.41, 5.74) is 8.59. The Kier molecular flexibility index (Phi) is 7.24. The van der Waals surface area contributed by atoms with Crippen LogP contribution in [0.3, 0.4) is 0 Å². The normalized spacial score (nSPS) is 21.6. The fraction of sp³-hybridized carbons (Fsp3) is 0.520. The molecule has 0 spiro atoms. The lowest BCUT2D eigenvalue weighted by Gasteiger charge is -2.31. The zero-order valence-corrected chi connectivity index (χ0v) is 19.6. The van der Waals surface area contributed by atoms with Crippen LogP contribution in [0, 0.1) is 0 Å². The summed E-state index contributed by atoms with van der Waals surface area (Å²) in [6.45, 7) is 4.32. The summed E-state index contributed by atoms with van der Waals surface area (Å²) in [5, 5.41) is 13.4. The molecule has 0 unspecified atom stereocenters. The molecule has 1 aliphatic carbocycles. The molecule has 34 heavy (non-hydrogen) atoms. The second kappa shape index (κ2) is 10.7. The largest absolute Gasteiger partial charge is 0.450 e. The zero-order valence-electron chi connectivity index (χ0n) is 19.6. The van der Waals surface area contributed by atoms with Crippen molar-refractivity contribution in [3.8, 4) is 11.5 Å². The number of aromatic nitrogens is 2. The van der Waals surface area contributed by atoms with Gasteiger partial charge in [-0.05, 0) is 81.4 Å². The lowest BCUT2D eigenvalue weighted by Crippen LogP contribution is -2.37. The van der Waals surface area contributed by atoms with Gasteiger partial charge in [0.1, 0.15) is 0 Å². The molecule has 1 aromatic carbocycles. The number of nitrogens with zero attached hydrogens (tertiary/aromatic N) is 2. The molecule has 5 rings (SSSR count). The number of ether oxygens (including phenoxy) is 1. The molecular weight excluding hydrogens is 430 g/mol. The van der Waals surface area contributed by atoms with Gasteiger partial charge in [-0.25, -0.2) is 4.79 Å². The van der Waals surface area contributed by atoms with Crippen LogP contribution in [0.25, 0.3) is 5.57 Å². The van der Waals surface area contributed by atoms with Crippen LogP contribution in [-0.4, -0.2) is 48.4 Å². The molecule has 2 aromatic rings. The first-order valence-electron chi connectivity index (χ1n) is 12.5. The van der Waals surface area contributed by atoms with Gasteiger partial charge >= 0.3 is 5.69 Å². The molecular formula is C25H35N7O2. The Balaban J connectivity index is 1.23. The van der Waals surface area contributed by atoms with Crippen molar-refractivity contribution >= 4 is 17.1 Å². The maximum atomic E-state index is 12.9. The van der Waals surface area contributed by atoms with E-state index in [1.54, 1.807) is 4.57 Å². The Labute approximate surface area is 200 Å². The van der Waals surface area contributed by atoms with Crippen LogP contribution in [0.5, 0.6) is 11.5 Å². The van der Waals surface area contributed by atoms with Crippen LogP contribution in [0.1, 0.15) is 50.1 Å². The molecule has 3 aliphatic rings. The van der Waals surface area contributed by atoms with E-state index in [2.05, 4.69) is 44.5 Å². The van der Waals surface area contributed by atoms with E-state index in [4.69, 9.17) is 10.5 Å². The molecule has 9 heteroatoms. The summed E-state index contributed by atoms with van der Waals surface area (Å²) >= 11 is 0. The van der Waals surface area contributed by atoms with Crippen LogP contribution < -0.4 is 37.4 Å². The number of hydrogen-bond donors (Lipinski definition) is 5. The van der Waals surface area contributed by atoms with Gasteiger partial charge in [0.05, 0.1) is 11.9 Å². The van der Waals surface area contributed by atoms with Gasteiger partial charge in [0.2, 0.25) is 0 Å². The number of fused-ring (bicyclic) bond motifs is 2. The third kappa shape index (κ3) is 5.17. The lowest BCUT2D eigenvalue weighted by molar-refractivity contribution is 0.282. The van der Waals surface area contributed by atoms with Gasteiger partial charge in [-0.15, -0.1) is 0 Å². The second-order valence-corrected chi connectivity index (χ2v) is 9.28. The average molecular weight is 466 g/mol. The third-order valence-corrected chi connectivity index (χ3v) is 7.00. The van der Waals surface area contributed by atoms with Crippen LogP contribution in [0.4, 0.5) is 11.5 Å². The minimum absolute atomic E-state index is 0.154. The highest BCUT2D eigenvalue weighted by Crippen LogP contribution is 2.42. The van der Waals surface area contributed by atoms with Crippen molar-refractivity contribution < 1.29 is 4.74 Å². The molecule has 0 atom stereocenters. The smallest absolute Gasteiger partial charge is 0.350 e. The van der Waals surface area contributed by atoms with Crippen molar-refractivity contribution in [2.24, 2.45) is 5.73 Å². The molecule has 6 N–H and O–H groups in total. The van der Waals surface area contributed by atoms with Crippen LogP contribution in [0.2, 0.25) is 0 Å². The van der Waals surface area contributed by atoms with Crippen molar-refractivity contribution in [3.05, 3.63) is 46.5 Å². The van der Waals surface area contributed by atoms with E-state index in [9.17, 15) is 4.79 Å². The van der Waals surface area contributed by atoms with Crippen molar-refractivity contribution in [1.82, 2.24) is 25.5 Å². The molecule has 1 aromatic heterocycles. The summed E-state index contributed by atoms with van der Waals surface area (Å²) in [6.07, 6.45) is 10.1. The van der Waals surface area contributed by atoms with Gasteiger partial charge in [-0.2, -0.15) is 4.98 Å².